The van der Waals surface area contributed by atoms with E-state index in [0.29, 0.717) is 18.9 Å². The molecule has 1 unspecified atom stereocenters. The van der Waals surface area contributed by atoms with E-state index in [1.807, 2.05) is 0 Å². The molecule has 6 nitrogen and oxygen atoms in total. The number of amides is 1. The van der Waals surface area contributed by atoms with E-state index in [4.69, 9.17) is 0 Å². The van der Waals surface area contributed by atoms with Crippen molar-refractivity contribution >= 4 is 11.6 Å². The summed E-state index contributed by atoms with van der Waals surface area (Å²) in [6.07, 6.45) is 5.90. The second kappa shape index (κ2) is 6.88. The zero-order valence-corrected chi connectivity index (χ0v) is 11.5. The first kappa shape index (κ1) is 14.3. The molecular formula is C14H20N4O2. The lowest BCUT2D eigenvalue weighted by Crippen LogP contribution is -2.38. The van der Waals surface area contributed by atoms with Crippen LogP contribution in [0.25, 0.3) is 0 Å². The fourth-order valence-corrected chi connectivity index (χ4v) is 2.53. The average molecular weight is 276 g/mol. The van der Waals surface area contributed by atoms with Crippen LogP contribution in [0, 0.1) is 5.92 Å². The third-order valence-electron chi connectivity index (χ3n) is 3.45. The third kappa shape index (κ3) is 3.94. The van der Waals surface area contributed by atoms with Gasteiger partial charge >= 0.3 is 0 Å². The van der Waals surface area contributed by atoms with Gasteiger partial charge in [-0.15, -0.1) is 6.58 Å². The first-order valence-electron chi connectivity index (χ1n) is 6.86. The van der Waals surface area contributed by atoms with Gasteiger partial charge in [0.15, 0.2) is 0 Å². The lowest BCUT2D eigenvalue weighted by Gasteiger charge is -2.33. The first-order chi connectivity index (χ1) is 9.69. The Bertz CT molecular complexity index is 526. The highest BCUT2D eigenvalue weighted by Crippen LogP contribution is 2.23. The number of anilines is 1. The van der Waals surface area contributed by atoms with Crippen LogP contribution in [0.2, 0.25) is 0 Å². The van der Waals surface area contributed by atoms with E-state index in [9.17, 15) is 9.59 Å². The molecule has 2 N–H and O–H groups in total. The van der Waals surface area contributed by atoms with E-state index in [2.05, 4.69) is 27.0 Å². The predicted molar refractivity (Wildman–Crippen MR) is 77.6 cm³/mol. The standard InChI is InChI=1S/C14H20N4O2/c1-2-5-15-13(19)7-11-4-3-6-18(10-11)12-8-14(20)17-16-9-12/h2,8-9,11H,1,3-7,10H2,(H,15,19)(H,17,20). The van der Waals surface area contributed by atoms with E-state index in [0.717, 1.165) is 31.6 Å². The summed E-state index contributed by atoms with van der Waals surface area (Å²) in [4.78, 5) is 25.1. The number of H-pyrrole nitrogens is 1. The van der Waals surface area contributed by atoms with E-state index >= 15 is 0 Å². The molecule has 2 rings (SSSR count). The summed E-state index contributed by atoms with van der Waals surface area (Å²) >= 11 is 0. The second-order valence-corrected chi connectivity index (χ2v) is 5.05. The summed E-state index contributed by atoms with van der Waals surface area (Å²) in [5, 5.41) is 8.99. The Balaban J connectivity index is 1.93. The number of aromatic amines is 1. The summed E-state index contributed by atoms with van der Waals surface area (Å²) in [6, 6.07) is 1.55. The van der Waals surface area contributed by atoms with Crippen LogP contribution in [-0.2, 0) is 4.79 Å². The molecule has 1 aromatic heterocycles. The molecule has 1 atom stereocenters. The van der Waals surface area contributed by atoms with Crippen LogP contribution in [0.3, 0.4) is 0 Å². The Morgan fingerprint density at radius 1 is 1.65 bits per heavy atom. The molecule has 1 fully saturated rings. The number of nitrogens with one attached hydrogen (secondary N) is 2. The number of piperidine rings is 1. The fraction of sp³-hybridized carbons (Fsp3) is 0.500. The molecule has 1 aromatic rings. The lowest BCUT2D eigenvalue weighted by atomic mass is 9.94. The number of hydrogen-bond acceptors (Lipinski definition) is 4. The Kier molecular flexibility index (Phi) is 4.92. The lowest BCUT2D eigenvalue weighted by molar-refractivity contribution is -0.121. The predicted octanol–water partition coefficient (Wildman–Crippen LogP) is 0.679. The van der Waals surface area contributed by atoms with Crippen LogP contribution in [0.1, 0.15) is 19.3 Å². The molecule has 0 saturated carbocycles. The van der Waals surface area contributed by atoms with Crippen molar-refractivity contribution in [1.82, 2.24) is 15.5 Å². The molecule has 0 aromatic carbocycles. The van der Waals surface area contributed by atoms with Crippen molar-refractivity contribution in [3.8, 4) is 0 Å². The van der Waals surface area contributed by atoms with E-state index < -0.39 is 0 Å². The van der Waals surface area contributed by atoms with Gasteiger partial charge in [0, 0.05) is 32.1 Å². The molecule has 1 amide bonds. The van der Waals surface area contributed by atoms with Gasteiger partial charge in [-0.25, -0.2) is 5.10 Å². The van der Waals surface area contributed by atoms with Gasteiger partial charge in [-0.05, 0) is 18.8 Å². The largest absolute Gasteiger partial charge is 0.370 e. The van der Waals surface area contributed by atoms with Gasteiger partial charge in [0.1, 0.15) is 0 Å². The van der Waals surface area contributed by atoms with Gasteiger partial charge < -0.3 is 10.2 Å². The molecular weight excluding hydrogens is 256 g/mol. The average Bonchev–Trinajstić information content (AvgIpc) is 2.45. The number of nitrogens with zero attached hydrogens (tertiary/aromatic N) is 2. The highest BCUT2D eigenvalue weighted by atomic mass is 16.1. The monoisotopic (exact) mass is 276 g/mol. The van der Waals surface area contributed by atoms with Crippen LogP contribution in [-0.4, -0.2) is 35.7 Å². The van der Waals surface area contributed by atoms with Crippen molar-refractivity contribution in [2.24, 2.45) is 5.92 Å². The van der Waals surface area contributed by atoms with Gasteiger partial charge in [0.05, 0.1) is 11.9 Å². The number of aromatic nitrogens is 2. The van der Waals surface area contributed by atoms with Crippen LogP contribution < -0.4 is 15.8 Å². The molecule has 1 saturated heterocycles. The van der Waals surface area contributed by atoms with Crippen molar-refractivity contribution in [2.75, 3.05) is 24.5 Å². The van der Waals surface area contributed by atoms with Gasteiger partial charge in [0.25, 0.3) is 5.56 Å². The first-order valence-corrected chi connectivity index (χ1v) is 6.86. The molecule has 0 aliphatic carbocycles. The maximum absolute atomic E-state index is 11.7. The summed E-state index contributed by atoms with van der Waals surface area (Å²) in [5.41, 5.74) is 0.623. The minimum atomic E-state index is -0.201. The molecule has 6 heteroatoms. The number of carbonyl (C=O) groups excluding carboxylic acids is 1. The smallest absolute Gasteiger partial charge is 0.266 e. The van der Waals surface area contributed by atoms with Crippen molar-refractivity contribution in [3.63, 3.8) is 0 Å². The zero-order chi connectivity index (χ0) is 14.4. The van der Waals surface area contributed by atoms with Crippen molar-refractivity contribution in [3.05, 3.63) is 35.3 Å². The van der Waals surface area contributed by atoms with Gasteiger partial charge in [-0.2, -0.15) is 5.10 Å². The molecule has 0 bridgehead atoms. The van der Waals surface area contributed by atoms with Gasteiger partial charge in [-0.1, -0.05) is 6.08 Å². The van der Waals surface area contributed by atoms with Crippen LogP contribution in [0.4, 0.5) is 5.69 Å². The number of hydrogen-bond donors (Lipinski definition) is 2. The second-order valence-electron chi connectivity index (χ2n) is 5.05. The summed E-state index contributed by atoms with van der Waals surface area (Å²) < 4.78 is 0. The third-order valence-corrected chi connectivity index (χ3v) is 3.45. The van der Waals surface area contributed by atoms with Crippen molar-refractivity contribution in [1.29, 1.82) is 0 Å². The van der Waals surface area contributed by atoms with E-state index in [1.54, 1.807) is 18.3 Å². The Labute approximate surface area is 117 Å². The Morgan fingerprint density at radius 3 is 3.25 bits per heavy atom. The SMILES string of the molecule is C=CCNC(=O)CC1CCCN(c2cn[nH]c(=O)c2)C1. The molecule has 108 valence electrons. The van der Waals surface area contributed by atoms with E-state index in [1.165, 1.54) is 0 Å². The van der Waals surface area contributed by atoms with Gasteiger partial charge in [0.2, 0.25) is 5.91 Å². The molecule has 1 aliphatic rings. The number of carbonyl (C=O) groups is 1. The minimum absolute atomic E-state index is 0.0563. The highest BCUT2D eigenvalue weighted by molar-refractivity contribution is 5.76. The quantitative estimate of drug-likeness (QED) is 0.775. The van der Waals surface area contributed by atoms with Gasteiger partial charge in [-0.3, -0.25) is 9.59 Å². The van der Waals surface area contributed by atoms with Crippen LogP contribution in [0.15, 0.2) is 29.7 Å². The minimum Gasteiger partial charge on any atom is -0.370 e. The van der Waals surface area contributed by atoms with E-state index in [-0.39, 0.29) is 11.5 Å². The Hall–Kier alpha value is -2.11. The van der Waals surface area contributed by atoms with Crippen molar-refractivity contribution in [2.45, 2.75) is 19.3 Å². The van der Waals surface area contributed by atoms with Crippen LogP contribution in [0.5, 0.6) is 0 Å². The molecule has 20 heavy (non-hydrogen) atoms. The number of rotatable bonds is 5. The fourth-order valence-electron chi connectivity index (χ4n) is 2.53. The normalized spacial score (nSPS) is 18.6. The summed E-state index contributed by atoms with van der Waals surface area (Å²) in [5.74, 6) is 0.369. The zero-order valence-electron chi connectivity index (χ0n) is 11.5. The maximum Gasteiger partial charge on any atom is 0.266 e. The molecule has 1 aliphatic heterocycles. The maximum atomic E-state index is 11.7. The molecule has 2 heterocycles. The van der Waals surface area contributed by atoms with Crippen molar-refractivity contribution < 1.29 is 4.79 Å². The molecule has 0 spiro atoms. The van der Waals surface area contributed by atoms with Crippen LogP contribution >= 0.6 is 0 Å². The summed E-state index contributed by atoms with van der Waals surface area (Å²) in [7, 11) is 0. The molecule has 0 radical (unpaired) electrons. The Morgan fingerprint density at radius 2 is 2.50 bits per heavy atom. The highest BCUT2D eigenvalue weighted by Gasteiger charge is 2.22. The summed E-state index contributed by atoms with van der Waals surface area (Å²) in [6.45, 7) is 5.77. The topological polar surface area (TPSA) is 78.1 Å².